The quantitative estimate of drug-likeness (QED) is 0.627. The van der Waals surface area contributed by atoms with Crippen LogP contribution in [-0.2, 0) is 4.79 Å². The van der Waals surface area contributed by atoms with E-state index in [2.05, 4.69) is 4.99 Å². The lowest BCUT2D eigenvalue weighted by Gasteiger charge is -2.26. The normalized spacial score (nSPS) is 19.6. The molecule has 0 unspecified atom stereocenters. The van der Waals surface area contributed by atoms with Gasteiger partial charge in [0.15, 0.2) is 0 Å². The van der Waals surface area contributed by atoms with Crippen LogP contribution in [0.4, 0.5) is 0 Å². The summed E-state index contributed by atoms with van der Waals surface area (Å²) in [6.07, 6.45) is 3.11. The van der Waals surface area contributed by atoms with E-state index in [1.54, 1.807) is 4.90 Å². The maximum absolute atomic E-state index is 12.6. The number of benzene rings is 1. The van der Waals surface area contributed by atoms with Crippen LogP contribution >= 0.6 is 0 Å². The van der Waals surface area contributed by atoms with E-state index in [4.69, 9.17) is 5.73 Å². The third-order valence-electron chi connectivity index (χ3n) is 3.90. The second-order valence-corrected chi connectivity index (χ2v) is 5.23. The number of fused-ring (bicyclic) bond motifs is 1. The zero-order valence-electron chi connectivity index (χ0n) is 11.7. The minimum atomic E-state index is -0.236. The maximum Gasteiger partial charge on any atom is 0.266 e. The number of amidine groups is 1. The molecule has 1 saturated heterocycles. The van der Waals surface area contributed by atoms with Crippen molar-refractivity contribution < 1.29 is 4.79 Å². The summed E-state index contributed by atoms with van der Waals surface area (Å²) in [5.41, 5.74) is 7.93. The molecule has 2 heterocycles. The molecule has 0 spiro atoms. The largest absolute Gasteiger partial charge is 0.383 e. The SMILES string of the molecule is N#C/C(C(=O)N1CCCCC1)=C1\N=C(N)c2ccccc21. The molecule has 5 nitrogen and oxygen atoms in total. The first kappa shape index (κ1) is 13.4. The third kappa shape index (κ3) is 2.29. The van der Waals surface area contributed by atoms with Crippen molar-refractivity contribution in [3.63, 3.8) is 0 Å². The first-order chi connectivity index (χ1) is 10.2. The molecule has 0 radical (unpaired) electrons. The number of nitrogens with zero attached hydrogens (tertiary/aromatic N) is 3. The number of piperidine rings is 1. The van der Waals surface area contributed by atoms with Gasteiger partial charge < -0.3 is 10.6 Å². The van der Waals surface area contributed by atoms with Crippen molar-refractivity contribution in [1.29, 1.82) is 5.26 Å². The van der Waals surface area contributed by atoms with Gasteiger partial charge in [0, 0.05) is 24.2 Å². The van der Waals surface area contributed by atoms with Gasteiger partial charge in [0.2, 0.25) is 0 Å². The van der Waals surface area contributed by atoms with Gasteiger partial charge in [-0.25, -0.2) is 4.99 Å². The van der Waals surface area contributed by atoms with E-state index in [0.717, 1.165) is 30.4 Å². The molecule has 0 aliphatic carbocycles. The van der Waals surface area contributed by atoms with Crippen LogP contribution in [0.1, 0.15) is 30.4 Å². The molecule has 3 rings (SSSR count). The van der Waals surface area contributed by atoms with Gasteiger partial charge in [-0.3, -0.25) is 4.79 Å². The van der Waals surface area contributed by atoms with Crippen molar-refractivity contribution in [2.75, 3.05) is 13.1 Å². The van der Waals surface area contributed by atoms with E-state index in [1.165, 1.54) is 0 Å². The molecular formula is C16H16N4O. The van der Waals surface area contributed by atoms with Crippen LogP contribution in [0.25, 0.3) is 5.70 Å². The van der Waals surface area contributed by atoms with Gasteiger partial charge in [-0.1, -0.05) is 24.3 Å². The number of amides is 1. The van der Waals surface area contributed by atoms with Crippen LogP contribution in [0.15, 0.2) is 34.8 Å². The topological polar surface area (TPSA) is 82.5 Å². The fraction of sp³-hybridized carbons (Fsp3) is 0.312. The van der Waals surface area contributed by atoms with Crippen molar-refractivity contribution in [2.45, 2.75) is 19.3 Å². The minimum Gasteiger partial charge on any atom is -0.383 e. The standard InChI is InChI=1S/C16H16N4O/c17-10-13(16(21)20-8-4-1-5-9-20)14-11-6-2-3-7-12(11)15(18)19-14/h2-3,6-7H,1,4-5,8-9H2,(H2,18,19)/b14-13+. The molecule has 0 aromatic heterocycles. The summed E-state index contributed by atoms with van der Waals surface area (Å²) in [6, 6.07) is 9.44. The van der Waals surface area contributed by atoms with Crippen molar-refractivity contribution in [3.8, 4) is 6.07 Å². The Morgan fingerprint density at radius 3 is 2.52 bits per heavy atom. The monoisotopic (exact) mass is 280 g/mol. The molecule has 1 fully saturated rings. The lowest BCUT2D eigenvalue weighted by atomic mass is 10.0. The first-order valence-corrected chi connectivity index (χ1v) is 7.10. The van der Waals surface area contributed by atoms with E-state index in [0.29, 0.717) is 24.6 Å². The highest BCUT2D eigenvalue weighted by Gasteiger charge is 2.28. The van der Waals surface area contributed by atoms with E-state index in [9.17, 15) is 10.1 Å². The summed E-state index contributed by atoms with van der Waals surface area (Å²) < 4.78 is 0. The van der Waals surface area contributed by atoms with Gasteiger partial charge >= 0.3 is 0 Å². The Morgan fingerprint density at radius 2 is 1.86 bits per heavy atom. The molecule has 2 N–H and O–H groups in total. The summed E-state index contributed by atoms with van der Waals surface area (Å²) in [4.78, 5) is 18.6. The Labute approximate surface area is 123 Å². The van der Waals surface area contributed by atoms with Crippen LogP contribution in [0.5, 0.6) is 0 Å². The van der Waals surface area contributed by atoms with Crippen LogP contribution in [0.3, 0.4) is 0 Å². The second kappa shape index (κ2) is 5.41. The smallest absolute Gasteiger partial charge is 0.266 e. The van der Waals surface area contributed by atoms with Crippen molar-refractivity contribution in [3.05, 3.63) is 41.0 Å². The lowest BCUT2D eigenvalue weighted by molar-refractivity contribution is -0.127. The molecule has 0 saturated carbocycles. The fourth-order valence-corrected chi connectivity index (χ4v) is 2.80. The van der Waals surface area contributed by atoms with Crippen molar-refractivity contribution >= 4 is 17.4 Å². The zero-order chi connectivity index (χ0) is 14.8. The summed E-state index contributed by atoms with van der Waals surface area (Å²) >= 11 is 0. The van der Waals surface area contributed by atoms with Gasteiger partial charge in [0.05, 0.1) is 5.70 Å². The Hall–Kier alpha value is -2.61. The maximum atomic E-state index is 12.6. The van der Waals surface area contributed by atoms with Gasteiger partial charge in [-0.15, -0.1) is 0 Å². The number of aliphatic imine (C=N–C) groups is 1. The number of nitrogens with two attached hydrogens (primary N) is 1. The summed E-state index contributed by atoms with van der Waals surface area (Å²) in [5.74, 6) is 0.125. The Balaban J connectivity index is 2.04. The molecule has 2 aliphatic heterocycles. The number of likely N-dealkylation sites (tertiary alicyclic amines) is 1. The molecule has 1 amide bonds. The molecule has 0 atom stereocenters. The van der Waals surface area contributed by atoms with Crippen LogP contribution in [0, 0.1) is 11.3 Å². The molecule has 21 heavy (non-hydrogen) atoms. The van der Waals surface area contributed by atoms with E-state index < -0.39 is 0 Å². The Kier molecular flexibility index (Phi) is 3.44. The number of hydrogen-bond acceptors (Lipinski definition) is 4. The molecular weight excluding hydrogens is 264 g/mol. The predicted molar refractivity (Wildman–Crippen MR) is 80.1 cm³/mol. The molecule has 1 aromatic carbocycles. The molecule has 2 aliphatic rings. The van der Waals surface area contributed by atoms with E-state index in [1.807, 2.05) is 30.3 Å². The summed E-state index contributed by atoms with van der Waals surface area (Å²) in [7, 11) is 0. The summed E-state index contributed by atoms with van der Waals surface area (Å²) in [5, 5.41) is 9.43. The lowest BCUT2D eigenvalue weighted by Crippen LogP contribution is -2.36. The second-order valence-electron chi connectivity index (χ2n) is 5.23. The Morgan fingerprint density at radius 1 is 1.19 bits per heavy atom. The van der Waals surface area contributed by atoms with Crippen LogP contribution in [0.2, 0.25) is 0 Å². The van der Waals surface area contributed by atoms with Crippen molar-refractivity contribution in [1.82, 2.24) is 4.90 Å². The number of rotatable bonds is 1. The zero-order valence-corrected chi connectivity index (χ0v) is 11.7. The highest BCUT2D eigenvalue weighted by Crippen LogP contribution is 2.30. The minimum absolute atomic E-state index is 0.0878. The number of carbonyl (C=O) groups is 1. The van der Waals surface area contributed by atoms with Crippen LogP contribution in [-0.4, -0.2) is 29.7 Å². The number of hydrogen-bond donors (Lipinski definition) is 1. The average molecular weight is 280 g/mol. The number of carbonyl (C=O) groups excluding carboxylic acids is 1. The van der Waals surface area contributed by atoms with E-state index >= 15 is 0 Å². The van der Waals surface area contributed by atoms with Gasteiger partial charge in [0.1, 0.15) is 17.5 Å². The predicted octanol–water partition coefficient (Wildman–Crippen LogP) is 1.65. The first-order valence-electron chi connectivity index (χ1n) is 7.10. The Bertz CT molecular complexity index is 690. The van der Waals surface area contributed by atoms with Crippen molar-refractivity contribution in [2.24, 2.45) is 10.7 Å². The van der Waals surface area contributed by atoms with Gasteiger partial charge in [-0.2, -0.15) is 5.26 Å². The van der Waals surface area contributed by atoms with Gasteiger partial charge in [0.25, 0.3) is 5.91 Å². The fourth-order valence-electron chi connectivity index (χ4n) is 2.80. The molecule has 0 bridgehead atoms. The number of nitriles is 1. The summed E-state index contributed by atoms with van der Waals surface area (Å²) in [6.45, 7) is 1.41. The molecule has 5 heteroatoms. The molecule has 1 aromatic rings. The third-order valence-corrected chi connectivity index (χ3v) is 3.90. The average Bonchev–Trinajstić information content (AvgIpc) is 2.86. The highest BCUT2D eigenvalue weighted by molar-refractivity contribution is 6.14. The van der Waals surface area contributed by atoms with Crippen LogP contribution < -0.4 is 5.73 Å². The van der Waals surface area contributed by atoms with E-state index in [-0.39, 0.29) is 11.5 Å². The molecule has 106 valence electrons. The van der Waals surface area contributed by atoms with Gasteiger partial charge in [-0.05, 0) is 19.3 Å². The highest BCUT2D eigenvalue weighted by atomic mass is 16.2.